The van der Waals surface area contributed by atoms with Crippen LogP contribution in [-0.2, 0) is 12.8 Å². The van der Waals surface area contributed by atoms with E-state index in [1.165, 1.54) is 35.4 Å². The molecule has 5 nitrogen and oxygen atoms in total. The Balaban J connectivity index is 1.61. The molecule has 4 aromatic rings. The van der Waals surface area contributed by atoms with Gasteiger partial charge in [-0.1, -0.05) is 76.6 Å². The number of rotatable bonds is 6. The molecule has 0 saturated carbocycles. The van der Waals surface area contributed by atoms with Crippen molar-refractivity contribution in [3.63, 3.8) is 0 Å². The van der Waals surface area contributed by atoms with Gasteiger partial charge >= 0.3 is 0 Å². The lowest BCUT2D eigenvalue weighted by atomic mass is 9.64. The average Bonchev–Trinajstić information content (AvgIpc) is 3.52. The number of benzene rings is 2. The van der Waals surface area contributed by atoms with Crippen molar-refractivity contribution in [1.82, 2.24) is 25.2 Å². The lowest BCUT2D eigenvalue weighted by Crippen LogP contribution is -2.34. The summed E-state index contributed by atoms with van der Waals surface area (Å²) >= 11 is 0. The molecule has 0 aliphatic heterocycles. The van der Waals surface area contributed by atoms with E-state index in [0.717, 1.165) is 24.1 Å². The molecule has 170 valence electrons. The quantitative estimate of drug-likeness (QED) is 0.373. The summed E-state index contributed by atoms with van der Waals surface area (Å²) in [4.78, 5) is 0. The van der Waals surface area contributed by atoms with E-state index in [2.05, 4.69) is 107 Å². The standard InChI is InChI=1S/C28H33N5/c1-5-19(2)28(3,4)23-14-15-25-22(16-23)18-26(20-10-7-6-8-11-20)33(25)24-13-9-12-21(17-24)27-29-31-32-30-27/h6-13,17-19,23H,5,14-16H2,1-4H3,(H,29,30,31,32). The summed E-state index contributed by atoms with van der Waals surface area (Å²) < 4.78 is 2.46. The third-order valence-corrected chi connectivity index (χ3v) is 8.10. The molecule has 2 aromatic carbocycles. The van der Waals surface area contributed by atoms with E-state index in [1.54, 1.807) is 0 Å². The SMILES string of the molecule is CCC(C)C(C)(C)C1CCc2c(cc(-c3ccccc3)n2-c2cccc(-c3nn[nH]n3)c2)C1. The zero-order valence-electron chi connectivity index (χ0n) is 20.0. The van der Waals surface area contributed by atoms with Crippen LogP contribution in [0.3, 0.4) is 0 Å². The van der Waals surface area contributed by atoms with Crippen LogP contribution in [0.25, 0.3) is 28.3 Å². The fourth-order valence-electron chi connectivity index (χ4n) is 5.48. The minimum atomic E-state index is 0.333. The highest BCUT2D eigenvalue weighted by molar-refractivity contribution is 5.68. The average molecular weight is 440 g/mol. The first-order valence-corrected chi connectivity index (χ1v) is 12.1. The molecule has 1 aliphatic carbocycles. The molecule has 2 heterocycles. The molecule has 0 saturated heterocycles. The van der Waals surface area contributed by atoms with Crippen LogP contribution >= 0.6 is 0 Å². The van der Waals surface area contributed by atoms with E-state index >= 15 is 0 Å². The lowest BCUT2D eigenvalue weighted by molar-refractivity contribution is 0.109. The van der Waals surface area contributed by atoms with Gasteiger partial charge in [0.1, 0.15) is 0 Å². The molecule has 1 aliphatic rings. The highest BCUT2D eigenvalue weighted by atomic mass is 15.5. The van der Waals surface area contributed by atoms with Gasteiger partial charge in [0.25, 0.3) is 0 Å². The zero-order valence-corrected chi connectivity index (χ0v) is 20.0. The third-order valence-electron chi connectivity index (χ3n) is 8.10. The maximum Gasteiger partial charge on any atom is 0.204 e. The number of fused-ring (bicyclic) bond motifs is 1. The molecule has 0 bridgehead atoms. The van der Waals surface area contributed by atoms with Crippen LogP contribution in [0, 0.1) is 17.3 Å². The van der Waals surface area contributed by atoms with Crippen LogP contribution in [0.15, 0.2) is 60.7 Å². The second-order valence-electron chi connectivity index (χ2n) is 10.1. The van der Waals surface area contributed by atoms with Crippen molar-refractivity contribution in [2.24, 2.45) is 17.3 Å². The fourth-order valence-corrected chi connectivity index (χ4v) is 5.48. The Labute approximate surface area is 196 Å². The molecule has 33 heavy (non-hydrogen) atoms. The van der Waals surface area contributed by atoms with Gasteiger partial charge in [-0.25, -0.2) is 0 Å². The number of aromatic nitrogens is 5. The van der Waals surface area contributed by atoms with Gasteiger partial charge in [0.15, 0.2) is 0 Å². The monoisotopic (exact) mass is 439 g/mol. The summed E-state index contributed by atoms with van der Waals surface area (Å²) in [6.45, 7) is 9.68. The molecule has 5 heteroatoms. The minimum Gasteiger partial charge on any atom is -0.313 e. The Bertz CT molecular complexity index is 1220. The van der Waals surface area contributed by atoms with Crippen LogP contribution in [0.5, 0.6) is 0 Å². The molecule has 0 fully saturated rings. The summed E-state index contributed by atoms with van der Waals surface area (Å²) in [6, 6.07) is 21.7. The van der Waals surface area contributed by atoms with Gasteiger partial charge in [-0.05, 0) is 71.1 Å². The molecule has 2 unspecified atom stereocenters. The number of tetrazole rings is 1. The van der Waals surface area contributed by atoms with E-state index in [0.29, 0.717) is 23.1 Å². The number of aromatic amines is 1. The van der Waals surface area contributed by atoms with Gasteiger partial charge in [0, 0.05) is 16.9 Å². The van der Waals surface area contributed by atoms with Crippen LogP contribution < -0.4 is 0 Å². The van der Waals surface area contributed by atoms with E-state index in [1.807, 2.05) is 6.07 Å². The second-order valence-corrected chi connectivity index (χ2v) is 10.1. The largest absolute Gasteiger partial charge is 0.313 e. The molecule has 0 amide bonds. The van der Waals surface area contributed by atoms with Gasteiger partial charge in [0.2, 0.25) is 5.82 Å². The molecule has 0 radical (unpaired) electrons. The first kappa shape index (κ1) is 21.6. The molecule has 1 N–H and O–H groups in total. The van der Waals surface area contributed by atoms with Crippen LogP contribution in [-0.4, -0.2) is 25.2 Å². The summed E-state index contributed by atoms with van der Waals surface area (Å²) in [5.74, 6) is 2.03. The van der Waals surface area contributed by atoms with Gasteiger partial charge < -0.3 is 4.57 Å². The van der Waals surface area contributed by atoms with Crippen molar-refractivity contribution in [3.8, 4) is 28.3 Å². The molecule has 2 aromatic heterocycles. The van der Waals surface area contributed by atoms with Gasteiger partial charge in [0.05, 0.1) is 5.69 Å². The van der Waals surface area contributed by atoms with Gasteiger partial charge in [-0.3, -0.25) is 0 Å². The number of H-pyrrole nitrogens is 1. The van der Waals surface area contributed by atoms with Crippen molar-refractivity contribution >= 4 is 0 Å². The molecule has 5 rings (SSSR count). The number of nitrogens with one attached hydrogen (secondary N) is 1. The summed E-state index contributed by atoms with van der Waals surface area (Å²) in [6.07, 6.45) is 4.70. The lowest BCUT2D eigenvalue weighted by Gasteiger charge is -2.41. The summed E-state index contributed by atoms with van der Waals surface area (Å²) in [5.41, 5.74) is 7.88. The van der Waals surface area contributed by atoms with Crippen LogP contribution in [0.1, 0.15) is 51.8 Å². The maximum atomic E-state index is 4.18. The first-order valence-electron chi connectivity index (χ1n) is 12.1. The Morgan fingerprint density at radius 3 is 2.58 bits per heavy atom. The smallest absolute Gasteiger partial charge is 0.204 e. The van der Waals surface area contributed by atoms with E-state index in [4.69, 9.17) is 0 Å². The molecule has 2 atom stereocenters. The number of hydrogen-bond donors (Lipinski definition) is 1. The number of hydrogen-bond acceptors (Lipinski definition) is 3. The topological polar surface area (TPSA) is 59.4 Å². The van der Waals surface area contributed by atoms with Crippen molar-refractivity contribution in [2.45, 2.75) is 53.4 Å². The predicted molar refractivity (Wildman–Crippen MR) is 133 cm³/mol. The predicted octanol–water partition coefficient (Wildman–Crippen LogP) is 6.50. The van der Waals surface area contributed by atoms with Gasteiger partial charge in [-0.15, -0.1) is 10.2 Å². The van der Waals surface area contributed by atoms with Crippen molar-refractivity contribution in [3.05, 3.63) is 71.9 Å². The van der Waals surface area contributed by atoms with E-state index in [9.17, 15) is 0 Å². The Kier molecular flexibility index (Phi) is 5.65. The zero-order chi connectivity index (χ0) is 23.0. The molecular weight excluding hydrogens is 406 g/mol. The Morgan fingerprint density at radius 1 is 1.06 bits per heavy atom. The van der Waals surface area contributed by atoms with Crippen molar-refractivity contribution < 1.29 is 0 Å². The Hall–Kier alpha value is -3.21. The van der Waals surface area contributed by atoms with Crippen LogP contribution in [0.2, 0.25) is 0 Å². The highest BCUT2D eigenvalue weighted by Gasteiger charge is 2.37. The van der Waals surface area contributed by atoms with Gasteiger partial charge in [-0.2, -0.15) is 5.21 Å². The van der Waals surface area contributed by atoms with E-state index in [-0.39, 0.29) is 0 Å². The first-order chi connectivity index (χ1) is 16.0. The third kappa shape index (κ3) is 3.90. The summed E-state index contributed by atoms with van der Waals surface area (Å²) in [7, 11) is 0. The fraction of sp³-hybridized carbons (Fsp3) is 0.393. The highest BCUT2D eigenvalue weighted by Crippen LogP contribution is 2.45. The Morgan fingerprint density at radius 2 is 1.85 bits per heavy atom. The normalized spacial score (nSPS) is 17.0. The number of nitrogens with zero attached hydrogens (tertiary/aromatic N) is 4. The second kappa shape index (κ2) is 8.62. The van der Waals surface area contributed by atoms with Crippen molar-refractivity contribution in [1.29, 1.82) is 0 Å². The molecular formula is C28H33N5. The van der Waals surface area contributed by atoms with Crippen molar-refractivity contribution in [2.75, 3.05) is 0 Å². The van der Waals surface area contributed by atoms with Crippen LogP contribution in [0.4, 0.5) is 0 Å². The molecule has 0 spiro atoms. The van der Waals surface area contributed by atoms with E-state index < -0.39 is 0 Å². The minimum absolute atomic E-state index is 0.333. The maximum absolute atomic E-state index is 4.18. The summed E-state index contributed by atoms with van der Waals surface area (Å²) in [5, 5.41) is 14.7.